The van der Waals surface area contributed by atoms with Gasteiger partial charge in [0.15, 0.2) is 6.29 Å². The zero-order valence-corrected chi connectivity index (χ0v) is 12.6. The second kappa shape index (κ2) is 7.07. The SMILES string of the molecule is C[C@H]1O[C@@H](OCC(Cl)c2ccccc2Cl)[C@H](O)C[C@@H]1O. The molecule has 4 nitrogen and oxygen atoms in total. The number of aliphatic hydroxyl groups is 2. The van der Waals surface area contributed by atoms with Crippen LogP contribution in [0.1, 0.15) is 24.3 Å². The van der Waals surface area contributed by atoms with Gasteiger partial charge in [-0.1, -0.05) is 29.8 Å². The van der Waals surface area contributed by atoms with Crippen molar-refractivity contribution < 1.29 is 19.7 Å². The van der Waals surface area contributed by atoms with Crippen LogP contribution in [-0.2, 0) is 9.47 Å². The molecule has 1 aliphatic heterocycles. The second-order valence-electron chi connectivity index (χ2n) is 4.90. The van der Waals surface area contributed by atoms with Crippen molar-refractivity contribution in [3.05, 3.63) is 34.9 Å². The van der Waals surface area contributed by atoms with Gasteiger partial charge in [-0.3, -0.25) is 0 Å². The Kier molecular flexibility index (Phi) is 5.66. The van der Waals surface area contributed by atoms with Gasteiger partial charge in [0, 0.05) is 11.4 Å². The minimum absolute atomic E-state index is 0.163. The lowest BCUT2D eigenvalue weighted by Crippen LogP contribution is -2.47. The van der Waals surface area contributed by atoms with Gasteiger partial charge in [-0.05, 0) is 18.6 Å². The van der Waals surface area contributed by atoms with Crippen LogP contribution >= 0.6 is 23.2 Å². The molecule has 0 amide bonds. The van der Waals surface area contributed by atoms with E-state index in [-0.39, 0.29) is 19.1 Å². The fourth-order valence-electron chi connectivity index (χ4n) is 2.09. The van der Waals surface area contributed by atoms with Crippen molar-refractivity contribution in [3.8, 4) is 0 Å². The molecule has 0 aliphatic carbocycles. The topological polar surface area (TPSA) is 58.9 Å². The number of halogens is 2. The third-order valence-electron chi connectivity index (χ3n) is 3.34. The highest BCUT2D eigenvalue weighted by Gasteiger charge is 2.34. The molecule has 1 saturated heterocycles. The van der Waals surface area contributed by atoms with Gasteiger partial charge in [-0.2, -0.15) is 0 Å². The van der Waals surface area contributed by atoms with Crippen molar-refractivity contribution in [2.45, 2.75) is 43.3 Å². The third-order valence-corrected chi connectivity index (χ3v) is 4.04. The number of benzene rings is 1. The Morgan fingerprint density at radius 3 is 2.75 bits per heavy atom. The molecule has 2 rings (SSSR count). The Balaban J connectivity index is 1.90. The van der Waals surface area contributed by atoms with E-state index in [0.29, 0.717) is 5.02 Å². The maximum atomic E-state index is 9.82. The molecule has 1 unspecified atom stereocenters. The summed E-state index contributed by atoms with van der Waals surface area (Å²) in [5, 5.41) is 19.5. The summed E-state index contributed by atoms with van der Waals surface area (Å²) in [5.41, 5.74) is 0.772. The molecule has 112 valence electrons. The average molecular weight is 321 g/mol. The van der Waals surface area contributed by atoms with Crippen LogP contribution in [-0.4, -0.2) is 41.4 Å². The second-order valence-corrected chi connectivity index (χ2v) is 5.84. The minimum atomic E-state index is -0.865. The Morgan fingerprint density at radius 2 is 2.05 bits per heavy atom. The zero-order valence-electron chi connectivity index (χ0n) is 11.1. The first-order valence-corrected chi connectivity index (χ1v) is 7.32. The molecule has 1 aliphatic rings. The van der Waals surface area contributed by atoms with Gasteiger partial charge in [-0.25, -0.2) is 0 Å². The van der Waals surface area contributed by atoms with E-state index in [9.17, 15) is 10.2 Å². The lowest BCUT2D eigenvalue weighted by Gasteiger charge is -2.35. The average Bonchev–Trinajstić information content (AvgIpc) is 2.41. The molecule has 0 spiro atoms. The van der Waals surface area contributed by atoms with E-state index in [2.05, 4.69) is 0 Å². The summed E-state index contributed by atoms with van der Waals surface area (Å²) in [4.78, 5) is 0. The summed E-state index contributed by atoms with van der Waals surface area (Å²) in [6.07, 6.45) is -2.48. The van der Waals surface area contributed by atoms with Crippen LogP contribution in [0.25, 0.3) is 0 Å². The van der Waals surface area contributed by atoms with Crippen LogP contribution in [0.2, 0.25) is 5.02 Å². The monoisotopic (exact) mass is 320 g/mol. The summed E-state index contributed by atoms with van der Waals surface area (Å²) in [6, 6.07) is 7.26. The summed E-state index contributed by atoms with van der Waals surface area (Å²) in [6.45, 7) is 1.90. The highest BCUT2D eigenvalue weighted by atomic mass is 35.5. The number of alkyl halides is 1. The summed E-state index contributed by atoms with van der Waals surface area (Å²) >= 11 is 12.3. The van der Waals surface area contributed by atoms with Crippen LogP contribution in [0.15, 0.2) is 24.3 Å². The molecule has 0 aromatic heterocycles. The van der Waals surface area contributed by atoms with Crippen molar-refractivity contribution in [1.82, 2.24) is 0 Å². The Bertz CT molecular complexity index is 443. The first kappa shape index (κ1) is 16.0. The molecule has 5 atom stereocenters. The van der Waals surface area contributed by atoms with E-state index in [0.717, 1.165) is 5.56 Å². The van der Waals surface area contributed by atoms with E-state index < -0.39 is 23.9 Å². The van der Waals surface area contributed by atoms with Crippen LogP contribution in [0.5, 0.6) is 0 Å². The molecular weight excluding hydrogens is 303 g/mol. The van der Waals surface area contributed by atoms with Gasteiger partial charge in [0.2, 0.25) is 0 Å². The van der Waals surface area contributed by atoms with Crippen molar-refractivity contribution >= 4 is 23.2 Å². The molecular formula is C14H18Cl2O4. The third kappa shape index (κ3) is 3.85. The quantitative estimate of drug-likeness (QED) is 0.837. The lowest BCUT2D eigenvalue weighted by molar-refractivity contribution is -0.260. The maximum Gasteiger partial charge on any atom is 0.184 e. The number of hydrogen-bond acceptors (Lipinski definition) is 4. The number of ether oxygens (including phenoxy) is 2. The predicted octanol–water partition coefficient (Wildman–Crippen LogP) is 2.49. The molecule has 1 aromatic carbocycles. The highest BCUT2D eigenvalue weighted by Crippen LogP contribution is 2.29. The summed E-state index contributed by atoms with van der Waals surface area (Å²) < 4.78 is 10.9. The Hall–Kier alpha value is -0.360. The van der Waals surface area contributed by atoms with Gasteiger partial charge in [-0.15, -0.1) is 11.6 Å². The van der Waals surface area contributed by atoms with Gasteiger partial charge >= 0.3 is 0 Å². The Labute approximate surface area is 128 Å². The van der Waals surface area contributed by atoms with E-state index >= 15 is 0 Å². The fraction of sp³-hybridized carbons (Fsp3) is 0.571. The standard InChI is InChI=1S/C14H18Cl2O4/c1-8-12(17)6-13(18)14(20-8)19-7-11(16)9-4-2-3-5-10(9)15/h2-5,8,11-14,17-18H,6-7H2,1H3/t8-,11?,12+,13-,14-/m1/s1. The highest BCUT2D eigenvalue weighted by molar-refractivity contribution is 6.32. The number of rotatable bonds is 4. The normalized spacial score (nSPS) is 32.0. The van der Waals surface area contributed by atoms with Crippen molar-refractivity contribution in [3.63, 3.8) is 0 Å². The smallest absolute Gasteiger partial charge is 0.184 e. The molecule has 1 fully saturated rings. The zero-order chi connectivity index (χ0) is 14.7. The first-order valence-electron chi connectivity index (χ1n) is 6.50. The van der Waals surface area contributed by atoms with Crippen LogP contribution in [0, 0.1) is 0 Å². The molecule has 0 bridgehead atoms. The molecule has 0 saturated carbocycles. The van der Waals surface area contributed by atoms with E-state index in [1.807, 2.05) is 18.2 Å². The lowest BCUT2D eigenvalue weighted by atomic mass is 10.0. The predicted molar refractivity (Wildman–Crippen MR) is 77.0 cm³/mol. The van der Waals surface area contributed by atoms with Crippen LogP contribution in [0.4, 0.5) is 0 Å². The van der Waals surface area contributed by atoms with Crippen LogP contribution < -0.4 is 0 Å². The molecule has 20 heavy (non-hydrogen) atoms. The van der Waals surface area contributed by atoms with Gasteiger partial charge in [0.1, 0.15) is 6.10 Å². The largest absolute Gasteiger partial charge is 0.390 e. The summed E-state index contributed by atoms with van der Waals surface area (Å²) in [7, 11) is 0. The molecule has 1 heterocycles. The van der Waals surface area contributed by atoms with E-state index in [1.165, 1.54) is 0 Å². The van der Waals surface area contributed by atoms with Crippen LogP contribution in [0.3, 0.4) is 0 Å². The minimum Gasteiger partial charge on any atom is -0.390 e. The summed E-state index contributed by atoms with van der Waals surface area (Å²) in [5.74, 6) is 0. The van der Waals surface area contributed by atoms with Crippen molar-refractivity contribution in [2.75, 3.05) is 6.61 Å². The number of hydrogen-bond donors (Lipinski definition) is 2. The molecule has 2 N–H and O–H groups in total. The Morgan fingerprint density at radius 1 is 1.35 bits per heavy atom. The molecule has 0 radical (unpaired) electrons. The van der Waals surface area contributed by atoms with Gasteiger partial charge in [0.25, 0.3) is 0 Å². The van der Waals surface area contributed by atoms with E-state index in [1.54, 1.807) is 13.0 Å². The van der Waals surface area contributed by atoms with Gasteiger partial charge < -0.3 is 19.7 Å². The van der Waals surface area contributed by atoms with Crippen molar-refractivity contribution in [2.24, 2.45) is 0 Å². The first-order chi connectivity index (χ1) is 9.49. The number of aliphatic hydroxyl groups excluding tert-OH is 2. The van der Waals surface area contributed by atoms with E-state index in [4.69, 9.17) is 32.7 Å². The maximum absolute atomic E-state index is 9.82. The molecule has 6 heteroatoms. The fourth-order valence-corrected chi connectivity index (χ4v) is 2.68. The van der Waals surface area contributed by atoms with Gasteiger partial charge in [0.05, 0.1) is 24.2 Å². The van der Waals surface area contributed by atoms with Crippen molar-refractivity contribution in [1.29, 1.82) is 0 Å². The molecule has 1 aromatic rings.